The van der Waals surface area contributed by atoms with E-state index in [1.165, 1.54) is 6.92 Å². The molecule has 1 heterocycles. The van der Waals surface area contributed by atoms with Gasteiger partial charge in [0.1, 0.15) is 18.8 Å². The van der Waals surface area contributed by atoms with Crippen molar-refractivity contribution in [2.24, 2.45) is 0 Å². The summed E-state index contributed by atoms with van der Waals surface area (Å²) in [6.45, 7) is 4.36. The second kappa shape index (κ2) is 13.2. The zero-order valence-corrected chi connectivity index (χ0v) is 19.5. The second-order valence-electron chi connectivity index (χ2n) is 5.51. The second-order valence-corrected chi connectivity index (χ2v) is 8.53. The van der Waals surface area contributed by atoms with Gasteiger partial charge in [0.15, 0.2) is 12.2 Å². The van der Waals surface area contributed by atoms with E-state index in [1.54, 1.807) is 0 Å². The normalized spacial score (nSPS) is 26.7. The molecule has 0 saturated carbocycles. The topological polar surface area (TPSA) is 114 Å². The number of hydrogen-bond donors (Lipinski definition) is 0. The Balaban J connectivity index is 0.00000210. The first-order chi connectivity index (χ1) is 12.5. The van der Waals surface area contributed by atoms with Crippen molar-refractivity contribution < 1.29 is 42.9 Å². The van der Waals surface area contributed by atoms with Crippen LogP contribution in [0.1, 0.15) is 27.7 Å². The summed E-state index contributed by atoms with van der Waals surface area (Å²) in [5, 5.41) is 0. The van der Waals surface area contributed by atoms with E-state index in [0.717, 1.165) is 20.8 Å². The van der Waals surface area contributed by atoms with Crippen molar-refractivity contribution in [2.75, 3.05) is 6.61 Å². The van der Waals surface area contributed by atoms with Crippen LogP contribution in [-0.2, 0) is 55.5 Å². The van der Waals surface area contributed by atoms with Gasteiger partial charge < -0.3 is 36.3 Å². The Morgan fingerprint density at radius 1 is 0.815 bits per heavy atom. The Morgan fingerprint density at radius 3 is 1.63 bits per heavy atom. The molecule has 1 aliphatic heterocycles. The van der Waals surface area contributed by atoms with Gasteiger partial charge in [-0.1, -0.05) is 0 Å². The quantitative estimate of drug-likeness (QED) is 0.221. The number of hydrogen-bond acceptors (Lipinski definition) is 10. The summed E-state index contributed by atoms with van der Waals surface area (Å²) < 4.78 is 25.7. The Kier molecular flexibility index (Phi) is 12.7. The molecule has 0 spiro atoms. The van der Waals surface area contributed by atoms with Gasteiger partial charge in [-0.05, 0) is 5.44 Å². The van der Waals surface area contributed by atoms with Crippen molar-refractivity contribution in [1.29, 1.82) is 0 Å². The van der Waals surface area contributed by atoms with Gasteiger partial charge in [-0.2, -0.15) is 0 Å². The molecule has 1 rings (SSSR count). The molecule has 1 saturated heterocycles. The van der Waals surface area contributed by atoms with Crippen LogP contribution in [0.15, 0.2) is 0 Å². The molecule has 27 heavy (non-hydrogen) atoms. The van der Waals surface area contributed by atoms with Crippen LogP contribution < -0.4 is 0 Å². The fourth-order valence-electron chi connectivity index (χ4n) is 2.19. The zero-order valence-electron chi connectivity index (χ0n) is 16.1. The van der Waals surface area contributed by atoms with E-state index in [1.807, 2.05) is 0 Å². The molecule has 9 nitrogen and oxygen atoms in total. The van der Waals surface area contributed by atoms with Crippen molar-refractivity contribution >= 4 is 58.1 Å². The Labute approximate surface area is 174 Å². The molecule has 155 valence electrons. The molecule has 1 fully saturated rings. The van der Waals surface area contributed by atoms with Crippen LogP contribution in [0.25, 0.3) is 0 Å². The molecule has 1 radical (unpaired) electrons. The summed E-state index contributed by atoms with van der Waals surface area (Å²) in [5.74, 6) is -2.62. The number of rotatable bonds is 5. The van der Waals surface area contributed by atoms with Crippen LogP contribution in [0.5, 0.6) is 0 Å². The molecular weight excluding hydrogens is 490 g/mol. The van der Waals surface area contributed by atoms with Gasteiger partial charge in [-0.25, -0.2) is 0 Å². The molecule has 5 atom stereocenters. The molecule has 0 amide bonds. The maximum atomic E-state index is 11.4. The summed E-state index contributed by atoms with van der Waals surface area (Å²) in [7, 11) is 0. The predicted molar refractivity (Wildman–Crippen MR) is 96.8 cm³/mol. The molecule has 0 aromatic carbocycles. The number of carbonyl (C=O) groups is 4. The molecule has 1 aliphatic rings. The van der Waals surface area contributed by atoms with Crippen LogP contribution in [0.3, 0.4) is 0 Å². The molecular formula is C16H25O9SSb-. The Morgan fingerprint density at radius 2 is 1.22 bits per heavy atom. The van der Waals surface area contributed by atoms with Crippen LogP contribution in [0, 0.1) is 0 Å². The molecule has 5 unspecified atom stereocenters. The van der Waals surface area contributed by atoms with Gasteiger partial charge in [0.25, 0.3) is 0 Å². The molecule has 0 aromatic heterocycles. The first-order valence-electron chi connectivity index (χ1n) is 7.97. The molecule has 0 aliphatic carbocycles. The predicted octanol–water partition coefficient (Wildman–Crippen LogP) is 0.403. The summed E-state index contributed by atoms with van der Waals surface area (Å²) in [6, 6.07) is 0. The number of carbonyl (C=O) groups excluding carboxylic acids is 4. The fourth-order valence-corrected chi connectivity index (χ4v) is 2.54. The van der Waals surface area contributed by atoms with E-state index in [2.05, 4.69) is 9.74 Å². The zero-order chi connectivity index (χ0) is 21.1. The number of ether oxygens (including phenoxy) is 5. The van der Waals surface area contributed by atoms with Gasteiger partial charge in [-0.3, -0.25) is 19.2 Å². The third-order valence-electron chi connectivity index (χ3n) is 2.95. The minimum atomic E-state index is -1.19. The summed E-state index contributed by atoms with van der Waals surface area (Å²) >= 11 is 5.46. The average Bonchev–Trinajstić information content (AvgIpc) is 2.51. The summed E-state index contributed by atoms with van der Waals surface area (Å²) in [6.07, 6.45) is -4.47. The van der Waals surface area contributed by atoms with Crippen molar-refractivity contribution in [2.45, 2.75) is 67.3 Å². The van der Waals surface area contributed by atoms with Crippen LogP contribution in [-0.4, -0.2) is 82.0 Å². The van der Waals surface area contributed by atoms with E-state index in [0.29, 0.717) is 21.6 Å². The molecule has 0 bridgehead atoms. The van der Waals surface area contributed by atoms with Gasteiger partial charge in [0.05, 0.1) is 0 Å². The van der Waals surface area contributed by atoms with Crippen molar-refractivity contribution in [3.63, 3.8) is 0 Å². The van der Waals surface area contributed by atoms with Gasteiger partial charge in [-0.15, -0.1) is 0 Å². The Hall–Kier alpha value is -0.992. The van der Waals surface area contributed by atoms with E-state index >= 15 is 0 Å². The van der Waals surface area contributed by atoms with E-state index in [-0.39, 0.29) is 6.61 Å². The third kappa shape index (κ3) is 10.2. The molecule has 0 aromatic rings. The SMILES string of the molecule is CC(=O)OCC1OC([S-])C(OC(C)=O)C(OC(C)=O)C1OC(C)=O.[CH3][Sb][CH3]. The van der Waals surface area contributed by atoms with Crippen molar-refractivity contribution in [3.05, 3.63) is 0 Å². The Bertz CT molecular complexity index is 528. The maximum absolute atomic E-state index is 11.4. The summed E-state index contributed by atoms with van der Waals surface area (Å²) in [4.78, 5) is 49.6. The fraction of sp³-hybridized carbons (Fsp3) is 0.750. The number of esters is 4. The van der Waals surface area contributed by atoms with Gasteiger partial charge in [0.2, 0.25) is 0 Å². The van der Waals surface area contributed by atoms with E-state index in [9.17, 15) is 19.2 Å². The third-order valence-corrected chi connectivity index (χ3v) is 3.33. The molecule has 11 heteroatoms. The van der Waals surface area contributed by atoms with E-state index in [4.69, 9.17) is 36.3 Å². The first kappa shape index (κ1) is 26.0. The van der Waals surface area contributed by atoms with Crippen molar-refractivity contribution in [3.8, 4) is 0 Å². The molecule has 0 N–H and O–H groups in total. The van der Waals surface area contributed by atoms with Crippen LogP contribution in [0.4, 0.5) is 0 Å². The minimum absolute atomic E-state index is 0.273. The average molecular weight is 515 g/mol. The summed E-state index contributed by atoms with van der Waals surface area (Å²) in [5.41, 5.74) is -1.09. The van der Waals surface area contributed by atoms with E-state index < -0.39 is 53.7 Å². The van der Waals surface area contributed by atoms with Crippen molar-refractivity contribution in [1.82, 2.24) is 0 Å². The van der Waals surface area contributed by atoms with Gasteiger partial charge >= 0.3 is 55.2 Å². The van der Waals surface area contributed by atoms with Crippen LogP contribution >= 0.6 is 0 Å². The van der Waals surface area contributed by atoms with Crippen LogP contribution in [0.2, 0.25) is 9.74 Å². The standard InChI is InChI=1S/C14H20O9S.2CH3.Sb/c1-6(15)19-5-10-11(20-7(2)16)12(21-8(3)17)13(14(24)23-10)22-9(4)18;;;/h10-14,24H,5H2,1-4H3;2*1H3;/p-1. The van der Waals surface area contributed by atoms with Gasteiger partial charge in [0, 0.05) is 27.7 Å². The first-order valence-corrected chi connectivity index (χ1v) is 13.5. The monoisotopic (exact) mass is 514 g/mol.